The van der Waals surface area contributed by atoms with Crippen LogP contribution >= 0.6 is 11.6 Å². The maximum atomic E-state index is 9.81. The molecule has 1 aliphatic heterocycles. The maximum Gasteiger partial charge on any atom is 0.139 e. The van der Waals surface area contributed by atoms with Gasteiger partial charge in [0.05, 0.1) is 11.0 Å². The lowest BCUT2D eigenvalue weighted by Crippen LogP contribution is -1.97. The van der Waals surface area contributed by atoms with Crippen LogP contribution in [0, 0.1) is 0 Å². The average Bonchev–Trinajstić information content (AvgIpc) is 2.67. The number of hydrogen-bond acceptors (Lipinski definition) is 2. The Morgan fingerprint density at radius 2 is 2.33 bits per heavy atom. The van der Waals surface area contributed by atoms with E-state index in [0.29, 0.717) is 11.1 Å². The Balaban J connectivity index is 2.36. The Morgan fingerprint density at radius 1 is 1.53 bits per heavy atom. The van der Waals surface area contributed by atoms with Gasteiger partial charge in [-0.2, -0.15) is 0 Å². The topological polar surface area (TPSA) is 38.1 Å². The summed E-state index contributed by atoms with van der Waals surface area (Å²) in [5.74, 6) is 0.764. The molecule has 1 N–H and O–H groups in total. The Hall–Kier alpha value is -1.06. The zero-order valence-corrected chi connectivity index (χ0v) is 9.07. The molecule has 15 heavy (non-hydrogen) atoms. The Morgan fingerprint density at radius 3 is 3.13 bits per heavy atom. The van der Waals surface area contributed by atoms with Crippen molar-refractivity contribution in [3.05, 3.63) is 29.0 Å². The third-order valence-electron chi connectivity index (χ3n) is 2.98. The molecule has 0 radical (unpaired) electrons. The van der Waals surface area contributed by atoms with E-state index < -0.39 is 6.10 Å². The highest BCUT2D eigenvalue weighted by atomic mass is 35.5. The summed E-state index contributed by atoms with van der Waals surface area (Å²) in [4.78, 5) is 4.42. The predicted molar refractivity (Wildman–Crippen MR) is 59.0 cm³/mol. The molecule has 0 amide bonds. The third-order valence-corrected chi connectivity index (χ3v) is 3.22. The van der Waals surface area contributed by atoms with E-state index in [1.165, 1.54) is 0 Å². The third kappa shape index (κ3) is 1.20. The van der Waals surface area contributed by atoms with Crippen LogP contribution in [-0.2, 0) is 0 Å². The Kier molecular flexibility index (Phi) is 1.82. The molecule has 1 aromatic carbocycles. The van der Waals surface area contributed by atoms with Gasteiger partial charge in [0.2, 0.25) is 0 Å². The first-order valence-corrected chi connectivity index (χ1v) is 5.40. The van der Waals surface area contributed by atoms with E-state index in [9.17, 15) is 5.11 Å². The van der Waals surface area contributed by atoms with Crippen molar-refractivity contribution in [3.8, 4) is 0 Å². The zero-order chi connectivity index (χ0) is 10.6. The van der Waals surface area contributed by atoms with Crippen LogP contribution in [-0.4, -0.2) is 14.7 Å². The minimum Gasteiger partial charge on any atom is -0.385 e. The van der Waals surface area contributed by atoms with Gasteiger partial charge in [0.1, 0.15) is 11.9 Å². The van der Waals surface area contributed by atoms with Crippen LogP contribution in [0.3, 0.4) is 0 Å². The summed E-state index contributed by atoms with van der Waals surface area (Å²) in [6.07, 6.45) is 0.302. The lowest BCUT2D eigenvalue weighted by Gasteiger charge is -2.06. The molecule has 1 aliphatic rings. The molecule has 0 saturated heterocycles. The highest BCUT2D eigenvalue weighted by Crippen LogP contribution is 2.37. The van der Waals surface area contributed by atoms with Gasteiger partial charge in [-0.15, -0.1) is 0 Å². The molecule has 0 spiro atoms. The lowest BCUT2D eigenvalue weighted by atomic mass is 10.2. The van der Waals surface area contributed by atoms with Gasteiger partial charge in [0.25, 0.3) is 0 Å². The minimum atomic E-state index is -0.439. The first-order valence-electron chi connectivity index (χ1n) is 5.02. The van der Waals surface area contributed by atoms with Crippen LogP contribution < -0.4 is 0 Å². The van der Waals surface area contributed by atoms with Crippen LogP contribution in [0.2, 0.25) is 5.02 Å². The molecule has 0 aliphatic carbocycles. The average molecular weight is 223 g/mol. The fraction of sp³-hybridized carbons (Fsp3) is 0.364. The first-order chi connectivity index (χ1) is 7.16. The SMILES string of the molecule is C[C@H]1C[C@@H](O)c2nc3ccc(Cl)cc3n21. The summed E-state index contributed by atoms with van der Waals surface area (Å²) in [6.45, 7) is 2.09. The second-order valence-corrected chi connectivity index (χ2v) is 4.51. The van der Waals surface area contributed by atoms with E-state index in [4.69, 9.17) is 11.6 Å². The van der Waals surface area contributed by atoms with Gasteiger partial charge in [-0.3, -0.25) is 0 Å². The number of aromatic nitrogens is 2. The van der Waals surface area contributed by atoms with Gasteiger partial charge in [-0.05, 0) is 25.1 Å². The molecule has 3 rings (SSSR count). The van der Waals surface area contributed by atoms with Crippen LogP contribution in [0.4, 0.5) is 0 Å². The molecule has 4 heteroatoms. The van der Waals surface area contributed by atoms with Gasteiger partial charge in [0.15, 0.2) is 0 Å². The minimum absolute atomic E-state index is 0.290. The van der Waals surface area contributed by atoms with E-state index in [1.807, 2.05) is 18.2 Å². The van der Waals surface area contributed by atoms with Gasteiger partial charge in [-0.25, -0.2) is 4.98 Å². The van der Waals surface area contributed by atoms with E-state index in [-0.39, 0.29) is 0 Å². The summed E-state index contributed by atoms with van der Waals surface area (Å²) < 4.78 is 2.08. The number of benzene rings is 1. The quantitative estimate of drug-likeness (QED) is 0.744. The van der Waals surface area contributed by atoms with Crippen molar-refractivity contribution in [1.82, 2.24) is 9.55 Å². The smallest absolute Gasteiger partial charge is 0.139 e. The van der Waals surface area contributed by atoms with Crippen molar-refractivity contribution >= 4 is 22.6 Å². The number of imidazole rings is 1. The molecule has 2 aromatic rings. The highest BCUT2D eigenvalue weighted by molar-refractivity contribution is 6.31. The van der Waals surface area contributed by atoms with E-state index in [1.54, 1.807) is 0 Å². The number of rotatable bonds is 0. The Bertz CT molecular complexity index is 535. The van der Waals surface area contributed by atoms with Crippen molar-refractivity contribution in [2.75, 3.05) is 0 Å². The molecular formula is C11H11ClN2O. The van der Waals surface area contributed by atoms with Crippen LogP contribution in [0.25, 0.3) is 11.0 Å². The molecule has 0 saturated carbocycles. The summed E-state index contributed by atoms with van der Waals surface area (Å²) in [6, 6.07) is 5.91. The molecule has 0 unspecified atom stereocenters. The second-order valence-electron chi connectivity index (χ2n) is 4.07. The zero-order valence-electron chi connectivity index (χ0n) is 8.31. The number of hydrogen-bond donors (Lipinski definition) is 1. The second kappa shape index (κ2) is 2.97. The number of halogens is 1. The monoisotopic (exact) mass is 222 g/mol. The van der Waals surface area contributed by atoms with E-state index in [2.05, 4.69) is 16.5 Å². The highest BCUT2D eigenvalue weighted by Gasteiger charge is 2.29. The standard InChI is InChI=1S/C11H11ClN2O/c1-6-4-10(15)11-13-8-3-2-7(12)5-9(8)14(6)11/h2-3,5-6,10,15H,4H2,1H3/t6-,10+/m0/s1. The number of fused-ring (bicyclic) bond motifs is 3. The summed E-state index contributed by atoms with van der Waals surface area (Å²) in [5, 5.41) is 10.5. The Labute approximate surface area is 92.3 Å². The van der Waals surface area contributed by atoms with Crippen molar-refractivity contribution in [1.29, 1.82) is 0 Å². The van der Waals surface area contributed by atoms with Gasteiger partial charge < -0.3 is 9.67 Å². The van der Waals surface area contributed by atoms with Crippen LogP contribution in [0.5, 0.6) is 0 Å². The van der Waals surface area contributed by atoms with E-state index in [0.717, 1.165) is 23.3 Å². The number of nitrogens with zero attached hydrogens (tertiary/aromatic N) is 2. The normalized spacial score (nSPS) is 24.7. The van der Waals surface area contributed by atoms with Gasteiger partial charge >= 0.3 is 0 Å². The fourth-order valence-corrected chi connectivity index (χ4v) is 2.48. The first kappa shape index (κ1) is 9.19. The largest absolute Gasteiger partial charge is 0.385 e. The molecule has 1 aromatic heterocycles. The summed E-state index contributed by atoms with van der Waals surface area (Å²) in [7, 11) is 0. The summed E-state index contributed by atoms with van der Waals surface area (Å²) in [5.41, 5.74) is 1.92. The van der Waals surface area contributed by atoms with Crippen molar-refractivity contribution < 1.29 is 5.11 Å². The molecule has 3 nitrogen and oxygen atoms in total. The van der Waals surface area contributed by atoms with Crippen molar-refractivity contribution in [2.24, 2.45) is 0 Å². The molecule has 2 heterocycles. The van der Waals surface area contributed by atoms with Gasteiger partial charge in [-0.1, -0.05) is 11.6 Å². The lowest BCUT2D eigenvalue weighted by molar-refractivity contribution is 0.171. The maximum absolute atomic E-state index is 9.81. The van der Waals surface area contributed by atoms with E-state index >= 15 is 0 Å². The molecule has 78 valence electrons. The predicted octanol–water partition coefficient (Wildman–Crippen LogP) is 2.69. The molecule has 0 fully saturated rings. The van der Waals surface area contributed by atoms with Crippen molar-refractivity contribution in [3.63, 3.8) is 0 Å². The summed E-state index contributed by atoms with van der Waals surface area (Å²) >= 11 is 5.96. The number of aliphatic hydroxyl groups is 1. The molecule has 2 atom stereocenters. The molecular weight excluding hydrogens is 212 g/mol. The van der Waals surface area contributed by atoms with Crippen LogP contribution in [0.15, 0.2) is 18.2 Å². The van der Waals surface area contributed by atoms with Crippen LogP contribution in [0.1, 0.15) is 31.3 Å². The number of aliphatic hydroxyl groups excluding tert-OH is 1. The van der Waals surface area contributed by atoms with Gasteiger partial charge in [0, 0.05) is 17.5 Å². The van der Waals surface area contributed by atoms with Crippen molar-refractivity contribution in [2.45, 2.75) is 25.5 Å². The molecule has 0 bridgehead atoms. The fourth-order valence-electron chi connectivity index (χ4n) is 2.32.